The maximum absolute atomic E-state index is 4.51. The van der Waals surface area contributed by atoms with Crippen molar-refractivity contribution in [3.05, 3.63) is 34.3 Å². The van der Waals surface area contributed by atoms with E-state index in [0.717, 1.165) is 30.3 Å². The zero-order valence-electron chi connectivity index (χ0n) is 9.89. The predicted molar refractivity (Wildman–Crippen MR) is 68.4 cm³/mol. The number of rotatable bonds is 3. The molecule has 1 unspecified atom stereocenters. The van der Waals surface area contributed by atoms with Crippen LogP contribution < -0.4 is 5.32 Å². The Kier molecular flexibility index (Phi) is 2.94. The van der Waals surface area contributed by atoms with E-state index in [-0.39, 0.29) is 0 Å². The third kappa shape index (κ3) is 2.25. The topological polar surface area (TPSA) is 42.7 Å². The fraction of sp³-hybridized carbons (Fsp3) is 0.500. The average molecular weight is 248 g/mol. The highest BCUT2D eigenvalue weighted by Gasteiger charge is 2.20. The monoisotopic (exact) mass is 248 g/mol. The molecule has 0 amide bonds. The molecule has 3 heterocycles. The van der Waals surface area contributed by atoms with Gasteiger partial charge in [-0.1, -0.05) is 0 Å². The largest absolute Gasteiger partial charge is 0.328 e. The summed E-state index contributed by atoms with van der Waals surface area (Å²) in [5.74, 6) is 0.609. The van der Waals surface area contributed by atoms with Gasteiger partial charge in [-0.2, -0.15) is 0 Å². The summed E-state index contributed by atoms with van der Waals surface area (Å²) in [5, 5.41) is 6.66. The van der Waals surface area contributed by atoms with Crippen LogP contribution in [0.4, 0.5) is 0 Å². The summed E-state index contributed by atoms with van der Waals surface area (Å²) >= 11 is 1.71. The molecule has 1 fully saturated rings. The fourth-order valence-corrected chi connectivity index (χ4v) is 2.97. The molecule has 90 valence electrons. The normalized spacial score (nSPS) is 19.9. The third-order valence-electron chi connectivity index (χ3n) is 3.22. The lowest BCUT2D eigenvalue weighted by Crippen LogP contribution is -2.12. The Balaban J connectivity index is 1.81. The summed E-state index contributed by atoms with van der Waals surface area (Å²) in [6.07, 6.45) is 5.13. The molecule has 0 saturated carbocycles. The second-order valence-corrected chi connectivity index (χ2v) is 5.56. The molecule has 0 radical (unpaired) electrons. The standard InChI is InChI=1S/C12H16N4S/c1-9-15-11(7-17-9)6-16-8-14-5-12(16)10-2-3-13-4-10/h5,7-8,10,13H,2-4,6H2,1H3. The van der Waals surface area contributed by atoms with Crippen LogP contribution in [0.5, 0.6) is 0 Å². The van der Waals surface area contributed by atoms with E-state index in [1.54, 1.807) is 11.3 Å². The average Bonchev–Trinajstić information content (AvgIpc) is 3.00. The molecular formula is C12H16N4S. The molecule has 0 spiro atoms. The van der Waals surface area contributed by atoms with Crippen LogP contribution in [-0.4, -0.2) is 27.6 Å². The molecule has 1 N–H and O–H groups in total. The molecule has 2 aromatic heterocycles. The van der Waals surface area contributed by atoms with Crippen LogP contribution in [0.15, 0.2) is 17.9 Å². The SMILES string of the molecule is Cc1nc(Cn2cncc2C2CCNC2)cs1. The van der Waals surface area contributed by atoms with Crippen LogP contribution in [0.1, 0.15) is 28.7 Å². The maximum Gasteiger partial charge on any atom is 0.0951 e. The van der Waals surface area contributed by atoms with Gasteiger partial charge in [-0.05, 0) is 19.9 Å². The Morgan fingerprint density at radius 2 is 2.53 bits per heavy atom. The Morgan fingerprint density at radius 1 is 1.59 bits per heavy atom. The number of aryl methyl sites for hydroxylation is 1. The highest BCUT2D eigenvalue weighted by Crippen LogP contribution is 2.22. The summed E-state index contributed by atoms with van der Waals surface area (Å²) in [4.78, 5) is 8.79. The lowest BCUT2D eigenvalue weighted by Gasteiger charge is -2.11. The molecule has 0 bridgehead atoms. The van der Waals surface area contributed by atoms with E-state index in [2.05, 4.69) is 25.2 Å². The molecule has 3 rings (SSSR count). The number of imidazole rings is 1. The maximum atomic E-state index is 4.51. The van der Waals surface area contributed by atoms with Gasteiger partial charge < -0.3 is 9.88 Å². The minimum Gasteiger partial charge on any atom is -0.328 e. The van der Waals surface area contributed by atoms with E-state index in [1.165, 1.54) is 12.1 Å². The molecule has 2 aromatic rings. The minimum atomic E-state index is 0.609. The van der Waals surface area contributed by atoms with Crippen molar-refractivity contribution < 1.29 is 0 Å². The lowest BCUT2D eigenvalue weighted by molar-refractivity contribution is 0.648. The molecule has 5 heteroatoms. The Hall–Kier alpha value is -1.20. The molecule has 0 aliphatic carbocycles. The van der Waals surface area contributed by atoms with Gasteiger partial charge in [0.2, 0.25) is 0 Å². The molecule has 1 atom stereocenters. The van der Waals surface area contributed by atoms with Crippen molar-refractivity contribution in [1.29, 1.82) is 0 Å². The smallest absolute Gasteiger partial charge is 0.0951 e. The second-order valence-electron chi connectivity index (χ2n) is 4.49. The van der Waals surface area contributed by atoms with E-state index in [0.29, 0.717) is 5.92 Å². The van der Waals surface area contributed by atoms with Crippen molar-refractivity contribution in [3.8, 4) is 0 Å². The van der Waals surface area contributed by atoms with Crippen LogP contribution in [0, 0.1) is 6.92 Å². The lowest BCUT2D eigenvalue weighted by atomic mass is 10.1. The number of thiazole rings is 1. The van der Waals surface area contributed by atoms with Gasteiger partial charge in [-0.25, -0.2) is 9.97 Å². The van der Waals surface area contributed by atoms with Crippen molar-refractivity contribution in [3.63, 3.8) is 0 Å². The highest BCUT2D eigenvalue weighted by atomic mass is 32.1. The zero-order chi connectivity index (χ0) is 11.7. The van der Waals surface area contributed by atoms with E-state index < -0.39 is 0 Å². The van der Waals surface area contributed by atoms with E-state index >= 15 is 0 Å². The van der Waals surface area contributed by atoms with E-state index in [4.69, 9.17) is 0 Å². The van der Waals surface area contributed by atoms with Crippen LogP contribution in [-0.2, 0) is 6.54 Å². The number of nitrogens with zero attached hydrogens (tertiary/aromatic N) is 3. The third-order valence-corrected chi connectivity index (χ3v) is 4.04. The van der Waals surface area contributed by atoms with Crippen molar-refractivity contribution in [2.24, 2.45) is 0 Å². The van der Waals surface area contributed by atoms with Crippen molar-refractivity contribution in [1.82, 2.24) is 19.9 Å². The van der Waals surface area contributed by atoms with Crippen molar-refractivity contribution in [2.45, 2.75) is 25.8 Å². The molecule has 1 aliphatic heterocycles. The summed E-state index contributed by atoms with van der Waals surface area (Å²) in [7, 11) is 0. The van der Waals surface area contributed by atoms with Gasteiger partial charge in [0.1, 0.15) is 0 Å². The minimum absolute atomic E-state index is 0.609. The second kappa shape index (κ2) is 4.58. The number of aromatic nitrogens is 3. The van der Waals surface area contributed by atoms with Crippen LogP contribution >= 0.6 is 11.3 Å². The molecule has 4 nitrogen and oxygen atoms in total. The van der Waals surface area contributed by atoms with Crippen molar-refractivity contribution >= 4 is 11.3 Å². The number of hydrogen-bond donors (Lipinski definition) is 1. The van der Waals surface area contributed by atoms with Crippen LogP contribution in [0.3, 0.4) is 0 Å². The van der Waals surface area contributed by atoms with Gasteiger partial charge in [-0.15, -0.1) is 11.3 Å². The number of hydrogen-bond acceptors (Lipinski definition) is 4. The molecular weight excluding hydrogens is 232 g/mol. The first-order valence-corrected chi connectivity index (χ1v) is 6.82. The first kappa shape index (κ1) is 10.9. The summed E-state index contributed by atoms with van der Waals surface area (Å²) in [5.41, 5.74) is 2.47. The summed E-state index contributed by atoms with van der Waals surface area (Å²) < 4.78 is 2.23. The van der Waals surface area contributed by atoms with Gasteiger partial charge in [0, 0.05) is 29.7 Å². The highest BCUT2D eigenvalue weighted by molar-refractivity contribution is 7.09. The Bertz CT molecular complexity index is 496. The quantitative estimate of drug-likeness (QED) is 0.900. The predicted octanol–water partition coefficient (Wildman–Crippen LogP) is 1.77. The van der Waals surface area contributed by atoms with Gasteiger partial charge >= 0.3 is 0 Å². The van der Waals surface area contributed by atoms with Gasteiger partial charge in [0.05, 0.1) is 23.6 Å². The fourth-order valence-electron chi connectivity index (χ4n) is 2.37. The molecule has 17 heavy (non-hydrogen) atoms. The summed E-state index contributed by atoms with van der Waals surface area (Å²) in [6, 6.07) is 0. The van der Waals surface area contributed by atoms with Crippen LogP contribution in [0.2, 0.25) is 0 Å². The Labute approximate surface area is 105 Å². The van der Waals surface area contributed by atoms with E-state index in [1.807, 2.05) is 19.4 Å². The molecule has 1 aliphatic rings. The van der Waals surface area contributed by atoms with Gasteiger partial charge in [-0.3, -0.25) is 0 Å². The summed E-state index contributed by atoms with van der Waals surface area (Å²) in [6.45, 7) is 5.08. The first-order chi connectivity index (χ1) is 8.33. The van der Waals surface area contributed by atoms with E-state index in [9.17, 15) is 0 Å². The van der Waals surface area contributed by atoms with Crippen molar-refractivity contribution in [2.75, 3.05) is 13.1 Å². The Morgan fingerprint density at radius 3 is 3.24 bits per heavy atom. The van der Waals surface area contributed by atoms with Gasteiger partial charge in [0.25, 0.3) is 0 Å². The van der Waals surface area contributed by atoms with Crippen LogP contribution in [0.25, 0.3) is 0 Å². The molecule has 1 saturated heterocycles. The zero-order valence-corrected chi connectivity index (χ0v) is 10.7. The first-order valence-electron chi connectivity index (χ1n) is 5.94. The molecule has 0 aromatic carbocycles. The van der Waals surface area contributed by atoms with Gasteiger partial charge in [0.15, 0.2) is 0 Å². The number of nitrogens with one attached hydrogen (secondary N) is 1.